The number of nitrogens with zero attached hydrogens (tertiary/aromatic N) is 6. The second-order valence-electron chi connectivity index (χ2n) is 24.5. The van der Waals surface area contributed by atoms with Crippen molar-refractivity contribution in [3.63, 3.8) is 0 Å². The van der Waals surface area contributed by atoms with Gasteiger partial charge in [0.05, 0.1) is 55.3 Å². The van der Waals surface area contributed by atoms with Crippen molar-refractivity contribution < 1.29 is 0 Å². The van der Waals surface area contributed by atoms with E-state index in [1.165, 1.54) is 99.0 Å². The summed E-state index contributed by atoms with van der Waals surface area (Å²) in [7, 11) is 0. The van der Waals surface area contributed by atoms with Crippen LogP contribution < -0.4 is 0 Å². The number of hydrogen-bond donors (Lipinski definition) is 0. The maximum atomic E-state index is 5.55. The Hall–Kier alpha value is -11.6. The first-order chi connectivity index (χ1) is 43.9. The van der Waals surface area contributed by atoms with Crippen molar-refractivity contribution in [2.45, 2.75) is 19.3 Å². The largest absolute Gasteiger partial charge is 0.309 e. The zero-order valence-electron chi connectivity index (χ0n) is 48.9. The van der Waals surface area contributed by atoms with Crippen LogP contribution in [0.15, 0.2) is 291 Å². The summed E-state index contributed by atoms with van der Waals surface area (Å²) in [6, 6.07) is 107. The van der Waals surface area contributed by atoms with Crippen LogP contribution in [0.1, 0.15) is 25.0 Å². The molecule has 0 fully saturated rings. The molecule has 416 valence electrons. The lowest BCUT2D eigenvalue weighted by atomic mass is 9.82. The zero-order chi connectivity index (χ0) is 58.6. The smallest absolute Gasteiger partial charge is 0.235 e. The Morgan fingerprint density at radius 2 is 0.618 bits per heavy atom. The fraction of sp³-hybridized carbons (Fsp3) is 0.0361. The SMILES string of the molecule is CC1(C)c2ccccc2-c2ccc(-n3c4ccccc4c4cc(-c5ccc6c(c5)c5ccccc5n6-c5nc(-c6ccc(-n7c8ccccc8c8cc(-c9ccc%10c(c9)c9ccccc9n%10-c9ccccc9)ccc87)cc6)c6ccccc6n5)ccc43)cc21. The zero-order valence-corrected chi connectivity index (χ0v) is 48.9. The summed E-state index contributed by atoms with van der Waals surface area (Å²) in [4.78, 5) is 10.9. The summed E-state index contributed by atoms with van der Waals surface area (Å²) in [5, 5.41) is 10.7. The monoisotopic (exact) mass is 1130 g/mol. The third-order valence-electron chi connectivity index (χ3n) is 19.4. The lowest BCUT2D eigenvalue weighted by Crippen LogP contribution is -2.15. The molecule has 0 aliphatic heterocycles. The highest BCUT2D eigenvalue weighted by molar-refractivity contribution is 6.15. The van der Waals surface area contributed by atoms with Crippen LogP contribution in [0.25, 0.3) is 166 Å². The van der Waals surface area contributed by atoms with E-state index in [0.29, 0.717) is 5.95 Å². The fourth-order valence-electron chi connectivity index (χ4n) is 15.2. The van der Waals surface area contributed by atoms with Gasteiger partial charge in [-0.1, -0.05) is 190 Å². The van der Waals surface area contributed by atoms with Gasteiger partial charge in [0.2, 0.25) is 5.95 Å². The van der Waals surface area contributed by atoms with Gasteiger partial charge in [0.25, 0.3) is 0 Å². The molecule has 0 saturated heterocycles. The van der Waals surface area contributed by atoms with Gasteiger partial charge in [0.1, 0.15) is 0 Å². The lowest BCUT2D eigenvalue weighted by Gasteiger charge is -2.22. The van der Waals surface area contributed by atoms with Crippen LogP contribution in [-0.2, 0) is 5.41 Å². The first-order valence-electron chi connectivity index (χ1n) is 30.7. The van der Waals surface area contributed by atoms with E-state index in [1.54, 1.807) is 0 Å². The molecule has 1 aliphatic carbocycles. The first-order valence-corrected chi connectivity index (χ1v) is 30.7. The minimum absolute atomic E-state index is 0.0948. The topological polar surface area (TPSA) is 45.5 Å². The first kappa shape index (κ1) is 49.6. The van der Waals surface area contributed by atoms with Crippen molar-refractivity contribution in [3.05, 3.63) is 302 Å². The van der Waals surface area contributed by atoms with E-state index in [0.717, 1.165) is 71.9 Å². The number of para-hydroxylation sites is 6. The van der Waals surface area contributed by atoms with Crippen molar-refractivity contribution in [2.75, 3.05) is 0 Å². The van der Waals surface area contributed by atoms with Crippen LogP contribution in [0, 0.1) is 0 Å². The summed E-state index contributed by atoms with van der Waals surface area (Å²) in [6.45, 7) is 4.71. The summed E-state index contributed by atoms with van der Waals surface area (Å²) in [5.41, 5.74) is 25.5. The molecule has 6 heteroatoms. The van der Waals surface area contributed by atoms with Gasteiger partial charge in [-0.25, -0.2) is 9.97 Å². The molecule has 0 bridgehead atoms. The molecule has 0 amide bonds. The van der Waals surface area contributed by atoms with Crippen molar-refractivity contribution in [1.82, 2.24) is 28.2 Å². The summed E-state index contributed by atoms with van der Waals surface area (Å²) >= 11 is 0. The normalized spacial score (nSPS) is 12.9. The molecule has 0 radical (unpaired) electrons. The molecule has 19 rings (SSSR count). The van der Waals surface area contributed by atoms with Gasteiger partial charge >= 0.3 is 0 Å². The average Bonchev–Trinajstić information content (AvgIpc) is 2.06. The molecule has 0 spiro atoms. The Balaban J connectivity index is 0.688. The van der Waals surface area contributed by atoms with Gasteiger partial charge in [-0.2, -0.15) is 0 Å². The lowest BCUT2D eigenvalue weighted by molar-refractivity contribution is 0.660. The fourth-order valence-corrected chi connectivity index (χ4v) is 15.2. The molecule has 0 unspecified atom stereocenters. The molecule has 13 aromatic carbocycles. The van der Waals surface area contributed by atoms with Crippen molar-refractivity contribution >= 4 is 98.1 Å². The van der Waals surface area contributed by atoms with Crippen LogP contribution in [-0.4, -0.2) is 28.2 Å². The number of fused-ring (bicyclic) bond motifs is 16. The molecule has 5 aromatic heterocycles. The molecular formula is C83H54N6. The predicted molar refractivity (Wildman–Crippen MR) is 371 cm³/mol. The maximum Gasteiger partial charge on any atom is 0.235 e. The number of rotatable bonds is 7. The molecule has 89 heavy (non-hydrogen) atoms. The minimum Gasteiger partial charge on any atom is -0.309 e. The summed E-state index contributed by atoms with van der Waals surface area (Å²) in [6.07, 6.45) is 0. The summed E-state index contributed by atoms with van der Waals surface area (Å²) in [5.74, 6) is 0.633. The van der Waals surface area contributed by atoms with Gasteiger partial charge in [-0.05, 0) is 160 Å². The number of benzene rings is 13. The standard InChI is InChI=1S/C83H54N6/c1-83(2)70-26-12-6-20-59(70)60-41-40-58(50-71(60)83)88-75-30-16-10-23-63(75)68-48-54(36-44-79(68)88)55-37-45-80-69(49-55)64-24-11-17-31-76(64)89(80)82-84-72-27-13-7-25-65(72)81(85-82)51-32-38-57(39-33-51)87-74-29-15-9-22-62(74)67-47-53(35-43-78(67)87)52-34-42-77-66(46-52)61-21-8-14-28-73(61)86(77)56-18-4-3-5-19-56/h3-50H,1-2H3. The van der Waals surface area contributed by atoms with E-state index in [1.807, 2.05) is 0 Å². The Morgan fingerprint density at radius 1 is 0.247 bits per heavy atom. The van der Waals surface area contributed by atoms with E-state index in [2.05, 4.69) is 323 Å². The predicted octanol–water partition coefficient (Wildman–Crippen LogP) is 21.3. The molecule has 5 heterocycles. The Morgan fingerprint density at radius 3 is 1.15 bits per heavy atom. The maximum absolute atomic E-state index is 5.55. The van der Waals surface area contributed by atoms with E-state index in [-0.39, 0.29) is 5.41 Å². The third kappa shape index (κ3) is 7.26. The van der Waals surface area contributed by atoms with E-state index < -0.39 is 0 Å². The van der Waals surface area contributed by atoms with E-state index in [4.69, 9.17) is 9.97 Å². The second-order valence-corrected chi connectivity index (χ2v) is 24.5. The molecule has 1 aliphatic rings. The van der Waals surface area contributed by atoms with E-state index in [9.17, 15) is 0 Å². The highest BCUT2D eigenvalue weighted by Gasteiger charge is 2.35. The number of aromatic nitrogens is 6. The highest BCUT2D eigenvalue weighted by atomic mass is 15.2. The molecule has 6 nitrogen and oxygen atoms in total. The van der Waals surface area contributed by atoms with E-state index >= 15 is 0 Å². The van der Waals surface area contributed by atoms with Crippen molar-refractivity contribution in [3.8, 4) is 67.6 Å². The van der Waals surface area contributed by atoms with Gasteiger partial charge in [0.15, 0.2) is 0 Å². The van der Waals surface area contributed by atoms with Crippen LogP contribution in [0.3, 0.4) is 0 Å². The van der Waals surface area contributed by atoms with Gasteiger partial charge < -0.3 is 13.7 Å². The second kappa shape index (κ2) is 18.7. The molecule has 18 aromatic rings. The van der Waals surface area contributed by atoms with Crippen LogP contribution >= 0.6 is 0 Å². The number of hydrogen-bond acceptors (Lipinski definition) is 2. The van der Waals surface area contributed by atoms with Gasteiger partial charge in [0, 0.05) is 76.5 Å². The Kier molecular flexibility index (Phi) is 10.4. The Labute approximate surface area is 512 Å². The molecule has 0 atom stereocenters. The molecule has 0 N–H and O–H groups in total. The van der Waals surface area contributed by atoms with Crippen LogP contribution in [0.5, 0.6) is 0 Å². The van der Waals surface area contributed by atoms with Crippen molar-refractivity contribution in [1.29, 1.82) is 0 Å². The van der Waals surface area contributed by atoms with Crippen molar-refractivity contribution in [2.24, 2.45) is 0 Å². The third-order valence-corrected chi connectivity index (χ3v) is 19.4. The van der Waals surface area contributed by atoms with Gasteiger partial charge in [-0.15, -0.1) is 0 Å². The van der Waals surface area contributed by atoms with Crippen LogP contribution in [0.4, 0.5) is 0 Å². The minimum atomic E-state index is -0.0948. The van der Waals surface area contributed by atoms with Gasteiger partial charge in [-0.3, -0.25) is 4.57 Å². The molecular weight excluding hydrogens is 1080 g/mol. The quantitative estimate of drug-likeness (QED) is 0.160. The van der Waals surface area contributed by atoms with Crippen LogP contribution in [0.2, 0.25) is 0 Å². The highest BCUT2D eigenvalue weighted by Crippen LogP contribution is 2.50. The summed E-state index contributed by atoms with van der Waals surface area (Å²) < 4.78 is 9.47. The average molecular weight is 1140 g/mol. The molecule has 0 saturated carbocycles. The Bertz CT molecular complexity index is 6010.